The molecule has 0 radical (unpaired) electrons. The highest BCUT2D eigenvalue weighted by molar-refractivity contribution is 9.10. The molecule has 15 heavy (non-hydrogen) atoms. The first-order chi connectivity index (χ1) is 7.20. The molecule has 0 aromatic heterocycles. The van der Waals surface area contributed by atoms with Gasteiger partial charge in [-0.3, -0.25) is 4.79 Å². The standard InChI is InChI=1S/C11H12BrNOS/c12-9-1-3-10(4-2-9)13-6-8(7-15)5-11(13)14/h1-4,8,15H,5-7H2. The number of nitrogens with zero attached hydrogens (tertiary/aromatic N) is 1. The summed E-state index contributed by atoms with van der Waals surface area (Å²) in [6, 6.07) is 7.83. The minimum atomic E-state index is 0.205. The smallest absolute Gasteiger partial charge is 0.227 e. The Balaban J connectivity index is 2.18. The third-order valence-corrected chi connectivity index (χ3v) is 3.65. The number of anilines is 1. The number of thiol groups is 1. The van der Waals surface area contributed by atoms with Crippen molar-refractivity contribution in [2.45, 2.75) is 6.42 Å². The van der Waals surface area contributed by atoms with Gasteiger partial charge in [-0.2, -0.15) is 12.6 Å². The van der Waals surface area contributed by atoms with Crippen LogP contribution < -0.4 is 4.90 Å². The quantitative estimate of drug-likeness (QED) is 0.829. The number of benzene rings is 1. The minimum Gasteiger partial charge on any atom is -0.312 e. The van der Waals surface area contributed by atoms with Crippen LogP contribution in [0.2, 0.25) is 0 Å². The predicted octanol–water partition coefficient (Wildman–Crippen LogP) is 2.73. The fourth-order valence-corrected chi connectivity index (χ4v) is 2.28. The summed E-state index contributed by atoms with van der Waals surface area (Å²) < 4.78 is 1.03. The second kappa shape index (κ2) is 4.58. The van der Waals surface area contributed by atoms with Crippen molar-refractivity contribution < 1.29 is 4.79 Å². The molecule has 1 fully saturated rings. The molecule has 1 aromatic rings. The van der Waals surface area contributed by atoms with E-state index in [0.717, 1.165) is 22.5 Å². The van der Waals surface area contributed by atoms with Crippen molar-refractivity contribution in [2.24, 2.45) is 5.92 Å². The molecule has 4 heteroatoms. The van der Waals surface area contributed by atoms with Gasteiger partial charge in [-0.05, 0) is 35.9 Å². The summed E-state index contributed by atoms with van der Waals surface area (Å²) in [5, 5.41) is 0. The van der Waals surface area contributed by atoms with E-state index in [2.05, 4.69) is 28.6 Å². The molecular weight excluding hydrogens is 274 g/mol. The van der Waals surface area contributed by atoms with Crippen LogP contribution in [-0.4, -0.2) is 18.2 Å². The van der Waals surface area contributed by atoms with Gasteiger partial charge in [0.1, 0.15) is 0 Å². The molecule has 0 N–H and O–H groups in total. The topological polar surface area (TPSA) is 20.3 Å². The molecule has 1 atom stereocenters. The minimum absolute atomic E-state index is 0.205. The zero-order valence-corrected chi connectivity index (χ0v) is 10.7. The third kappa shape index (κ3) is 2.37. The zero-order chi connectivity index (χ0) is 10.8. The highest BCUT2D eigenvalue weighted by atomic mass is 79.9. The number of hydrogen-bond donors (Lipinski definition) is 1. The number of hydrogen-bond acceptors (Lipinski definition) is 2. The van der Waals surface area contributed by atoms with Crippen LogP contribution in [0.3, 0.4) is 0 Å². The normalized spacial score (nSPS) is 21.1. The maximum Gasteiger partial charge on any atom is 0.227 e. The van der Waals surface area contributed by atoms with Crippen LogP contribution in [0.25, 0.3) is 0 Å². The molecule has 1 amide bonds. The predicted molar refractivity (Wildman–Crippen MR) is 68.5 cm³/mol. The highest BCUT2D eigenvalue weighted by Gasteiger charge is 2.29. The average Bonchev–Trinajstić information content (AvgIpc) is 2.61. The van der Waals surface area contributed by atoms with Gasteiger partial charge in [-0.15, -0.1) is 0 Å². The average molecular weight is 286 g/mol. The van der Waals surface area contributed by atoms with Gasteiger partial charge < -0.3 is 4.90 Å². The summed E-state index contributed by atoms with van der Waals surface area (Å²) in [5.74, 6) is 1.37. The van der Waals surface area contributed by atoms with Gasteiger partial charge in [-0.25, -0.2) is 0 Å². The van der Waals surface area contributed by atoms with E-state index < -0.39 is 0 Å². The lowest BCUT2D eigenvalue weighted by atomic mass is 10.1. The Hall–Kier alpha value is -0.480. The van der Waals surface area contributed by atoms with Gasteiger partial charge in [0, 0.05) is 23.1 Å². The summed E-state index contributed by atoms with van der Waals surface area (Å²) in [4.78, 5) is 13.5. The van der Waals surface area contributed by atoms with E-state index in [0.29, 0.717) is 12.3 Å². The summed E-state index contributed by atoms with van der Waals surface area (Å²) in [6.07, 6.45) is 0.625. The monoisotopic (exact) mass is 285 g/mol. The molecular formula is C11H12BrNOS. The Bertz CT molecular complexity index is 365. The van der Waals surface area contributed by atoms with Crippen LogP contribution in [0.15, 0.2) is 28.7 Å². The summed E-state index contributed by atoms with van der Waals surface area (Å²) in [5.41, 5.74) is 0.979. The van der Waals surface area contributed by atoms with Crippen LogP contribution in [0.4, 0.5) is 5.69 Å². The Kier molecular flexibility index (Phi) is 3.36. The van der Waals surface area contributed by atoms with Crippen molar-refractivity contribution in [1.82, 2.24) is 0 Å². The number of carbonyl (C=O) groups excluding carboxylic acids is 1. The zero-order valence-electron chi connectivity index (χ0n) is 8.19. The molecule has 2 nitrogen and oxygen atoms in total. The molecule has 1 aromatic carbocycles. The van der Waals surface area contributed by atoms with E-state index >= 15 is 0 Å². The SMILES string of the molecule is O=C1CC(CS)CN1c1ccc(Br)cc1. The van der Waals surface area contributed by atoms with Crippen LogP contribution in [0.5, 0.6) is 0 Å². The molecule has 1 heterocycles. The maximum absolute atomic E-state index is 11.7. The Morgan fingerprint density at radius 2 is 2.07 bits per heavy atom. The van der Waals surface area contributed by atoms with Crippen LogP contribution in [0, 0.1) is 5.92 Å². The lowest BCUT2D eigenvalue weighted by Crippen LogP contribution is -2.24. The molecule has 0 aliphatic carbocycles. The Morgan fingerprint density at radius 3 is 2.60 bits per heavy atom. The fraction of sp³-hybridized carbons (Fsp3) is 0.364. The van der Waals surface area contributed by atoms with Crippen molar-refractivity contribution in [2.75, 3.05) is 17.2 Å². The second-order valence-corrected chi connectivity index (χ2v) is 5.01. The van der Waals surface area contributed by atoms with Gasteiger partial charge in [0.2, 0.25) is 5.91 Å². The van der Waals surface area contributed by atoms with Crippen LogP contribution in [-0.2, 0) is 4.79 Å². The van der Waals surface area contributed by atoms with E-state index in [9.17, 15) is 4.79 Å². The molecule has 1 unspecified atom stereocenters. The molecule has 1 aliphatic rings. The Labute approximate surface area is 103 Å². The number of carbonyl (C=O) groups is 1. The van der Waals surface area contributed by atoms with E-state index in [4.69, 9.17) is 0 Å². The molecule has 1 saturated heterocycles. The van der Waals surface area contributed by atoms with E-state index in [1.165, 1.54) is 0 Å². The van der Waals surface area contributed by atoms with Crippen molar-refractivity contribution in [1.29, 1.82) is 0 Å². The third-order valence-electron chi connectivity index (χ3n) is 2.60. The first-order valence-corrected chi connectivity index (χ1v) is 6.30. The first kappa shape index (κ1) is 11.0. The fourth-order valence-electron chi connectivity index (χ4n) is 1.77. The molecule has 0 bridgehead atoms. The summed E-state index contributed by atoms with van der Waals surface area (Å²) in [7, 11) is 0. The molecule has 0 spiro atoms. The van der Waals surface area contributed by atoms with E-state index in [-0.39, 0.29) is 5.91 Å². The number of amides is 1. The van der Waals surface area contributed by atoms with E-state index in [1.807, 2.05) is 29.2 Å². The largest absolute Gasteiger partial charge is 0.312 e. The number of halogens is 1. The van der Waals surface area contributed by atoms with E-state index in [1.54, 1.807) is 0 Å². The maximum atomic E-state index is 11.7. The van der Waals surface area contributed by atoms with Gasteiger partial charge >= 0.3 is 0 Å². The van der Waals surface area contributed by atoms with Crippen molar-refractivity contribution in [3.05, 3.63) is 28.7 Å². The molecule has 2 rings (SSSR count). The van der Waals surface area contributed by atoms with Crippen molar-refractivity contribution in [3.8, 4) is 0 Å². The highest BCUT2D eigenvalue weighted by Crippen LogP contribution is 2.26. The van der Waals surface area contributed by atoms with Gasteiger partial charge in [0.05, 0.1) is 0 Å². The van der Waals surface area contributed by atoms with Gasteiger partial charge in [-0.1, -0.05) is 15.9 Å². The number of rotatable bonds is 2. The molecule has 1 aliphatic heterocycles. The van der Waals surface area contributed by atoms with Crippen molar-refractivity contribution in [3.63, 3.8) is 0 Å². The molecule has 80 valence electrons. The van der Waals surface area contributed by atoms with Crippen LogP contribution in [0.1, 0.15) is 6.42 Å². The van der Waals surface area contributed by atoms with Crippen molar-refractivity contribution >= 4 is 40.2 Å². The summed E-state index contributed by atoms with van der Waals surface area (Å²) >= 11 is 7.62. The Morgan fingerprint density at radius 1 is 1.40 bits per heavy atom. The van der Waals surface area contributed by atoms with Gasteiger partial charge in [0.25, 0.3) is 0 Å². The molecule has 0 saturated carbocycles. The lowest BCUT2D eigenvalue weighted by Gasteiger charge is -2.16. The summed E-state index contributed by atoms with van der Waals surface area (Å²) in [6.45, 7) is 0.796. The lowest BCUT2D eigenvalue weighted by molar-refractivity contribution is -0.117. The first-order valence-electron chi connectivity index (χ1n) is 4.87. The second-order valence-electron chi connectivity index (χ2n) is 3.73. The van der Waals surface area contributed by atoms with Gasteiger partial charge in [0.15, 0.2) is 0 Å². The van der Waals surface area contributed by atoms with Crippen LogP contribution >= 0.6 is 28.6 Å².